The number of carbonyl (C=O) groups is 2. The van der Waals surface area contributed by atoms with E-state index >= 15 is 0 Å². The van der Waals surface area contributed by atoms with Crippen LogP contribution >= 0.6 is 15.9 Å². The van der Waals surface area contributed by atoms with E-state index in [0.29, 0.717) is 16.7 Å². The van der Waals surface area contributed by atoms with Crippen molar-refractivity contribution >= 4 is 27.8 Å². The average Bonchev–Trinajstić information content (AvgIpc) is 2.39. The second-order valence-corrected chi connectivity index (χ2v) is 4.63. The SMILES string of the molecule is O=C(O)C1CN(C(=O)c2ccc(Br)nc2)CCO1. The first-order valence-electron chi connectivity index (χ1n) is 5.33. The van der Waals surface area contributed by atoms with Gasteiger partial charge in [0.1, 0.15) is 4.60 Å². The molecule has 7 heteroatoms. The Hall–Kier alpha value is -1.47. The smallest absolute Gasteiger partial charge is 0.334 e. The van der Waals surface area contributed by atoms with Crippen molar-refractivity contribution in [2.24, 2.45) is 0 Å². The highest BCUT2D eigenvalue weighted by atomic mass is 79.9. The number of hydrogen-bond acceptors (Lipinski definition) is 4. The Kier molecular flexibility index (Phi) is 3.93. The summed E-state index contributed by atoms with van der Waals surface area (Å²) >= 11 is 3.19. The molecule has 2 rings (SSSR count). The number of rotatable bonds is 2. The lowest BCUT2D eigenvalue weighted by atomic mass is 10.2. The maximum absolute atomic E-state index is 12.1. The summed E-state index contributed by atoms with van der Waals surface area (Å²) in [7, 11) is 0. The summed E-state index contributed by atoms with van der Waals surface area (Å²) in [5, 5.41) is 8.86. The van der Waals surface area contributed by atoms with E-state index in [4.69, 9.17) is 9.84 Å². The lowest BCUT2D eigenvalue weighted by Crippen LogP contribution is -2.48. The van der Waals surface area contributed by atoms with Gasteiger partial charge in [0.2, 0.25) is 0 Å². The molecule has 0 aromatic carbocycles. The van der Waals surface area contributed by atoms with E-state index in [9.17, 15) is 9.59 Å². The van der Waals surface area contributed by atoms with Gasteiger partial charge in [-0.2, -0.15) is 0 Å². The van der Waals surface area contributed by atoms with Gasteiger partial charge in [-0.15, -0.1) is 0 Å². The quantitative estimate of drug-likeness (QED) is 0.816. The van der Waals surface area contributed by atoms with Gasteiger partial charge in [0.15, 0.2) is 6.10 Å². The highest BCUT2D eigenvalue weighted by Crippen LogP contribution is 2.12. The number of amides is 1. The van der Waals surface area contributed by atoms with Crippen LogP contribution in [0.1, 0.15) is 10.4 Å². The van der Waals surface area contributed by atoms with Crippen LogP contribution in [-0.4, -0.2) is 52.7 Å². The van der Waals surface area contributed by atoms with Gasteiger partial charge in [0.25, 0.3) is 5.91 Å². The molecule has 1 saturated heterocycles. The number of ether oxygens (including phenoxy) is 1. The van der Waals surface area contributed by atoms with Crippen molar-refractivity contribution < 1.29 is 19.4 Å². The van der Waals surface area contributed by atoms with E-state index in [2.05, 4.69) is 20.9 Å². The minimum Gasteiger partial charge on any atom is -0.479 e. The molecule has 2 heterocycles. The van der Waals surface area contributed by atoms with Gasteiger partial charge < -0.3 is 14.7 Å². The number of carboxylic acids is 1. The first-order chi connectivity index (χ1) is 8.58. The van der Waals surface area contributed by atoms with Crippen molar-refractivity contribution in [3.8, 4) is 0 Å². The standard InChI is InChI=1S/C11H11BrN2O4/c12-9-2-1-7(5-13-9)10(15)14-3-4-18-8(6-14)11(16)17/h1-2,5,8H,3-4,6H2,(H,16,17). The Morgan fingerprint density at radius 1 is 1.50 bits per heavy atom. The number of halogens is 1. The van der Waals surface area contributed by atoms with Gasteiger partial charge in [-0.3, -0.25) is 4.79 Å². The topological polar surface area (TPSA) is 79.7 Å². The van der Waals surface area contributed by atoms with Gasteiger partial charge in [0.05, 0.1) is 18.7 Å². The van der Waals surface area contributed by atoms with Crippen LogP contribution in [-0.2, 0) is 9.53 Å². The second kappa shape index (κ2) is 5.45. The zero-order valence-electron chi connectivity index (χ0n) is 9.38. The zero-order chi connectivity index (χ0) is 13.1. The molecule has 1 aliphatic rings. The number of nitrogens with zero attached hydrogens (tertiary/aromatic N) is 2. The van der Waals surface area contributed by atoms with E-state index in [0.717, 1.165) is 0 Å². The maximum atomic E-state index is 12.1. The Balaban J connectivity index is 2.09. The number of aromatic nitrogens is 1. The van der Waals surface area contributed by atoms with Crippen molar-refractivity contribution in [3.05, 3.63) is 28.5 Å². The number of aliphatic carboxylic acids is 1. The molecule has 0 bridgehead atoms. The molecule has 1 aromatic heterocycles. The van der Waals surface area contributed by atoms with E-state index < -0.39 is 12.1 Å². The van der Waals surface area contributed by atoms with Gasteiger partial charge in [-0.1, -0.05) is 0 Å². The Morgan fingerprint density at radius 2 is 2.28 bits per heavy atom. The first kappa shape index (κ1) is 13.0. The average molecular weight is 315 g/mol. The van der Waals surface area contributed by atoms with Crippen LogP contribution in [0.4, 0.5) is 0 Å². The third-order valence-electron chi connectivity index (χ3n) is 2.60. The fourth-order valence-corrected chi connectivity index (χ4v) is 1.90. The number of morpholine rings is 1. The largest absolute Gasteiger partial charge is 0.479 e. The van der Waals surface area contributed by atoms with Crippen LogP contribution in [0.3, 0.4) is 0 Å². The molecule has 18 heavy (non-hydrogen) atoms. The van der Waals surface area contributed by atoms with Gasteiger partial charge in [-0.05, 0) is 28.1 Å². The van der Waals surface area contributed by atoms with Crippen molar-refractivity contribution in [3.63, 3.8) is 0 Å². The summed E-state index contributed by atoms with van der Waals surface area (Å²) in [6.45, 7) is 0.676. The molecule has 0 aliphatic carbocycles. The predicted molar refractivity (Wildman–Crippen MR) is 65.2 cm³/mol. The summed E-state index contributed by atoms with van der Waals surface area (Å²) in [4.78, 5) is 28.4. The van der Waals surface area contributed by atoms with Crippen LogP contribution in [0.5, 0.6) is 0 Å². The fourth-order valence-electron chi connectivity index (χ4n) is 1.67. The number of pyridine rings is 1. The van der Waals surface area contributed by atoms with Crippen molar-refractivity contribution in [1.29, 1.82) is 0 Å². The molecule has 1 amide bonds. The van der Waals surface area contributed by atoms with E-state index in [1.54, 1.807) is 12.1 Å². The molecular weight excluding hydrogens is 304 g/mol. The van der Waals surface area contributed by atoms with Gasteiger partial charge >= 0.3 is 5.97 Å². The van der Waals surface area contributed by atoms with Crippen LogP contribution < -0.4 is 0 Å². The van der Waals surface area contributed by atoms with Crippen LogP contribution in [0, 0.1) is 0 Å². The monoisotopic (exact) mass is 314 g/mol. The number of carboxylic acid groups (broad SMARTS) is 1. The summed E-state index contributed by atoms with van der Waals surface area (Å²) in [5.41, 5.74) is 0.434. The summed E-state index contributed by atoms with van der Waals surface area (Å²) < 4.78 is 5.70. The molecule has 0 radical (unpaired) electrons. The molecular formula is C11H11BrN2O4. The molecule has 0 saturated carbocycles. The maximum Gasteiger partial charge on any atom is 0.334 e. The molecule has 6 nitrogen and oxygen atoms in total. The molecule has 1 atom stereocenters. The molecule has 1 fully saturated rings. The Bertz CT molecular complexity index is 463. The van der Waals surface area contributed by atoms with E-state index in [-0.39, 0.29) is 19.1 Å². The van der Waals surface area contributed by atoms with Crippen molar-refractivity contribution in [1.82, 2.24) is 9.88 Å². The highest BCUT2D eigenvalue weighted by Gasteiger charge is 2.29. The van der Waals surface area contributed by atoms with Gasteiger partial charge in [0, 0.05) is 12.7 Å². The lowest BCUT2D eigenvalue weighted by Gasteiger charge is -2.30. The highest BCUT2D eigenvalue weighted by molar-refractivity contribution is 9.10. The predicted octanol–water partition coefficient (Wildman–Crippen LogP) is 0.770. The number of hydrogen-bond donors (Lipinski definition) is 1. The van der Waals surface area contributed by atoms with Crippen LogP contribution in [0.2, 0.25) is 0 Å². The molecule has 1 unspecified atom stereocenters. The number of carbonyl (C=O) groups excluding carboxylic acids is 1. The third-order valence-corrected chi connectivity index (χ3v) is 3.07. The molecule has 1 aromatic rings. The molecule has 1 N–H and O–H groups in total. The lowest BCUT2D eigenvalue weighted by molar-refractivity contribution is -0.154. The molecule has 1 aliphatic heterocycles. The van der Waals surface area contributed by atoms with Crippen LogP contribution in [0.25, 0.3) is 0 Å². The molecule has 0 spiro atoms. The molecule has 96 valence electrons. The summed E-state index contributed by atoms with van der Waals surface area (Å²) in [6, 6.07) is 3.31. The van der Waals surface area contributed by atoms with E-state index in [1.165, 1.54) is 11.1 Å². The van der Waals surface area contributed by atoms with Crippen molar-refractivity contribution in [2.75, 3.05) is 19.7 Å². The van der Waals surface area contributed by atoms with Gasteiger partial charge in [-0.25, -0.2) is 9.78 Å². The van der Waals surface area contributed by atoms with Crippen molar-refractivity contribution in [2.45, 2.75) is 6.10 Å². The Morgan fingerprint density at radius 3 is 2.89 bits per heavy atom. The summed E-state index contributed by atoms with van der Waals surface area (Å²) in [6.07, 6.45) is 0.503. The Labute approximate surface area is 112 Å². The van der Waals surface area contributed by atoms with Crippen LogP contribution in [0.15, 0.2) is 22.9 Å². The fraction of sp³-hybridized carbons (Fsp3) is 0.364. The minimum atomic E-state index is -1.05. The third kappa shape index (κ3) is 2.85. The second-order valence-electron chi connectivity index (χ2n) is 3.82. The van der Waals surface area contributed by atoms with E-state index in [1.807, 2.05) is 0 Å². The zero-order valence-corrected chi connectivity index (χ0v) is 11.0. The first-order valence-corrected chi connectivity index (χ1v) is 6.12. The summed E-state index contributed by atoms with van der Waals surface area (Å²) in [5.74, 6) is -1.29. The minimum absolute atomic E-state index is 0.0598. The normalized spacial score (nSPS) is 19.6.